The maximum atomic E-state index is 11.5. The first-order valence-electron chi connectivity index (χ1n) is 4.48. The van der Waals surface area contributed by atoms with Gasteiger partial charge in [0.1, 0.15) is 11.5 Å². The van der Waals surface area contributed by atoms with Crippen LogP contribution in [0.5, 0.6) is 11.5 Å². The van der Waals surface area contributed by atoms with Gasteiger partial charge in [-0.25, -0.2) is 0 Å². The number of hydrogen-bond donors (Lipinski definition) is 4. The summed E-state index contributed by atoms with van der Waals surface area (Å²) in [4.78, 5) is 11.5. The van der Waals surface area contributed by atoms with Crippen LogP contribution in [-0.4, -0.2) is 33.9 Å². The molecule has 4 N–H and O–H groups in total. The van der Waals surface area contributed by atoms with Crippen molar-refractivity contribution in [3.63, 3.8) is 0 Å². The first-order valence-corrected chi connectivity index (χ1v) is 4.48. The van der Waals surface area contributed by atoms with E-state index in [2.05, 4.69) is 5.32 Å². The Bertz CT molecular complexity index is 364. The van der Waals surface area contributed by atoms with E-state index in [1.807, 2.05) is 0 Å². The summed E-state index contributed by atoms with van der Waals surface area (Å²) in [5.41, 5.74) is 0.0631. The van der Waals surface area contributed by atoms with Crippen LogP contribution < -0.4 is 5.32 Å². The number of aliphatic hydroxyl groups is 1. The van der Waals surface area contributed by atoms with E-state index in [1.165, 1.54) is 12.1 Å². The summed E-state index contributed by atoms with van der Waals surface area (Å²) in [5, 5.41) is 29.6. The lowest BCUT2D eigenvalue weighted by atomic mass is 10.1. The van der Waals surface area contributed by atoms with E-state index in [1.54, 1.807) is 6.92 Å². The van der Waals surface area contributed by atoms with Gasteiger partial charge in [0.25, 0.3) is 5.91 Å². The van der Waals surface area contributed by atoms with Crippen LogP contribution in [0.1, 0.15) is 17.3 Å². The molecule has 0 saturated heterocycles. The number of carbonyl (C=O) groups excluding carboxylic acids is 1. The third-order valence-corrected chi connectivity index (χ3v) is 1.88. The molecule has 0 heterocycles. The van der Waals surface area contributed by atoms with Crippen LogP contribution in [0, 0.1) is 0 Å². The van der Waals surface area contributed by atoms with Gasteiger partial charge < -0.3 is 20.6 Å². The van der Waals surface area contributed by atoms with Crippen molar-refractivity contribution < 1.29 is 20.1 Å². The van der Waals surface area contributed by atoms with E-state index >= 15 is 0 Å². The monoisotopic (exact) mass is 211 g/mol. The highest BCUT2D eigenvalue weighted by molar-refractivity contribution is 5.97. The summed E-state index contributed by atoms with van der Waals surface area (Å²) in [6.07, 6.45) is 0. The molecule has 1 atom stereocenters. The highest BCUT2D eigenvalue weighted by Crippen LogP contribution is 2.22. The molecule has 0 unspecified atom stereocenters. The minimum absolute atomic E-state index is 0.0631. The molecule has 0 aromatic heterocycles. The van der Waals surface area contributed by atoms with Gasteiger partial charge in [0.15, 0.2) is 0 Å². The van der Waals surface area contributed by atoms with Crippen LogP contribution in [0.3, 0.4) is 0 Å². The molecule has 82 valence electrons. The molecule has 0 aliphatic rings. The van der Waals surface area contributed by atoms with Gasteiger partial charge >= 0.3 is 0 Å². The second kappa shape index (κ2) is 4.65. The molecule has 0 fully saturated rings. The van der Waals surface area contributed by atoms with Gasteiger partial charge in [-0.3, -0.25) is 4.79 Å². The van der Waals surface area contributed by atoms with Gasteiger partial charge in [0.2, 0.25) is 0 Å². The largest absolute Gasteiger partial charge is 0.508 e. The molecule has 1 amide bonds. The van der Waals surface area contributed by atoms with Crippen molar-refractivity contribution >= 4 is 5.91 Å². The Morgan fingerprint density at radius 1 is 1.47 bits per heavy atom. The zero-order chi connectivity index (χ0) is 11.4. The number of carbonyl (C=O) groups is 1. The Morgan fingerprint density at radius 2 is 2.13 bits per heavy atom. The van der Waals surface area contributed by atoms with E-state index < -0.39 is 5.91 Å². The summed E-state index contributed by atoms with van der Waals surface area (Å²) >= 11 is 0. The molecule has 0 spiro atoms. The minimum Gasteiger partial charge on any atom is -0.508 e. The molecule has 1 aromatic carbocycles. The second-order valence-electron chi connectivity index (χ2n) is 3.26. The van der Waals surface area contributed by atoms with Gasteiger partial charge in [0.05, 0.1) is 12.2 Å². The first-order chi connectivity index (χ1) is 7.04. The van der Waals surface area contributed by atoms with Crippen molar-refractivity contribution in [1.29, 1.82) is 0 Å². The first kappa shape index (κ1) is 11.3. The third-order valence-electron chi connectivity index (χ3n) is 1.88. The number of phenols is 2. The third kappa shape index (κ3) is 2.85. The van der Waals surface area contributed by atoms with E-state index in [9.17, 15) is 9.90 Å². The number of aromatic hydroxyl groups is 2. The fraction of sp³-hybridized carbons (Fsp3) is 0.300. The summed E-state index contributed by atoms with van der Waals surface area (Å²) < 4.78 is 0. The standard InChI is InChI=1S/C10H13NO4/c1-6(5-12)11-10(15)8-3-2-7(13)4-9(8)14/h2-4,6,12-14H,5H2,1H3,(H,11,15)/t6-/m1/s1. The highest BCUT2D eigenvalue weighted by atomic mass is 16.3. The number of phenolic OH excluding ortho intramolecular Hbond substituents is 2. The lowest BCUT2D eigenvalue weighted by molar-refractivity contribution is 0.0919. The number of benzene rings is 1. The molecule has 5 nitrogen and oxygen atoms in total. The molecule has 0 aliphatic heterocycles. The average Bonchev–Trinajstić information content (AvgIpc) is 2.17. The van der Waals surface area contributed by atoms with E-state index in [0.29, 0.717) is 0 Å². The van der Waals surface area contributed by atoms with Gasteiger partial charge in [-0.1, -0.05) is 0 Å². The average molecular weight is 211 g/mol. The molecule has 1 aromatic rings. The lowest BCUT2D eigenvalue weighted by Gasteiger charge is -2.11. The smallest absolute Gasteiger partial charge is 0.255 e. The quantitative estimate of drug-likeness (QED) is 0.575. The second-order valence-corrected chi connectivity index (χ2v) is 3.26. The summed E-state index contributed by atoms with van der Waals surface area (Å²) in [6.45, 7) is 1.46. The number of hydrogen-bond acceptors (Lipinski definition) is 4. The van der Waals surface area contributed by atoms with Crippen molar-refractivity contribution in [2.24, 2.45) is 0 Å². The molecule has 0 saturated carbocycles. The molecule has 5 heteroatoms. The molecule has 1 rings (SSSR count). The fourth-order valence-electron chi connectivity index (χ4n) is 1.06. The van der Waals surface area contributed by atoms with Crippen LogP contribution >= 0.6 is 0 Å². The van der Waals surface area contributed by atoms with Crippen molar-refractivity contribution in [2.75, 3.05) is 6.61 Å². The number of nitrogens with one attached hydrogen (secondary N) is 1. The lowest BCUT2D eigenvalue weighted by Crippen LogP contribution is -2.34. The topological polar surface area (TPSA) is 89.8 Å². The molecule has 0 radical (unpaired) electrons. The Labute approximate surface area is 87.0 Å². The Morgan fingerprint density at radius 3 is 2.67 bits per heavy atom. The maximum Gasteiger partial charge on any atom is 0.255 e. The van der Waals surface area contributed by atoms with Crippen molar-refractivity contribution in [3.8, 4) is 11.5 Å². The van der Waals surface area contributed by atoms with E-state index in [-0.39, 0.29) is 29.7 Å². The van der Waals surface area contributed by atoms with E-state index in [4.69, 9.17) is 10.2 Å². The molecule has 15 heavy (non-hydrogen) atoms. The Balaban J connectivity index is 2.82. The predicted molar refractivity (Wildman–Crippen MR) is 53.8 cm³/mol. The summed E-state index contributed by atoms with van der Waals surface area (Å²) in [7, 11) is 0. The van der Waals surface area contributed by atoms with Crippen LogP contribution in [0.15, 0.2) is 18.2 Å². The van der Waals surface area contributed by atoms with Crippen LogP contribution in [0.4, 0.5) is 0 Å². The van der Waals surface area contributed by atoms with Crippen molar-refractivity contribution in [3.05, 3.63) is 23.8 Å². The van der Waals surface area contributed by atoms with Crippen LogP contribution in [0.2, 0.25) is 0 Å². The van der Waals surface area contributed by atoms with E-state index in [0.717, 1.165) is 6.07 Å². The molecule has 0 bridgehead atoms. The van der Waals surface area contributed by atoms with Crippen LogP contribution in [-0.2, 0) is 0 Å². The fourth-order valence-corrected chi connectivity index (χ4v) is 1.06. The maximum absolute atomic E-state index is 11.5. The van der Waals surface area contributed by atoms with Gasteiger partial charge in [-0.05, 0) is 19.1 Å². The zero-order valence-corrected chi connectivity index (χ0v) is 8.27. The predicted octanol–water partition coefficient (Wildman–Crippen LogP) is 0.208. The summed E-state index contributed by atoms with van der Waals surface area (Å²) in [5.74, 6) is -0.897. The van der Waals surface area contributed by atoms with Crippen LogP contribution in [0.25, 0.3) is 0 Å². The summed E-state index contributed by atoms with van der Waals surface area (Å²) in [6, 6.07) is 3.31. The zero-order valence-electron chi connectivity index (χ0n) is 8.27. The van der Waals surface area contributed by atoms with Gasteiger partial charge in [-0.15, -0.1) is 0 Å². The molecular formula is C10H13NO4. The van der Waals surface area contributed by atoms with Crippen molar-refractivity contribution in [1.82, 2.24) is 5.32 Å². The van der Waals surface area contributed by atoms with Gasteiger partial charge in [0, 0.05) is 12.1 Å². The SMILES string of the molecule is C[C@H](CO)NC(=O)c1ccc(O)cc1O. The number of amides is 1. The molecular weight excluding hydrogens is 198 g/mol. The highest BCUT2D eigenvalue weighted by Gasteiger charge is 2.13. The Hall–Kier alpha value is -1.75. The Kier molecular flexibility index (Phi) is 3.51. The minimum atomic E-state index is -0.492. The van der Waals surface area contributed by atoms with Gasteiger partial charge in [-0.2, -0.15) is 0 Å². The number of rotatable bonds is 3. The van der Waals surface area contributed by atoms with Crippen molar-refractivity contribution in [2.45, 2.75) is 13.0 Å². The molecule has 0 aliphatic carbocycles. The number of aliphatic hydroxyl groups excluding tert-OH is 1. The normalized spacial score (nSPS) is 12.1.